The van der Waals surface area contributed by atoms with Gasteiger partial charge in [-0.1, -0.05) is 24.6 Å². The smallest absolute Gasteiger partial charge is 0.415 e. The van der Waals surface area contributed by atoms with Crippen LogP contribution in [0.3, 0.4) is 0 Å². The fraction of sp³-hybridized carbons (Fsp3) is 0.318. The first-order valence-electron chi connectivity index (χ1n) is 10.2. The van der Waals surface area contributed by atoms with E-state index < -0.39 is 17.5 Å². The number of carbonyl (C=O) groups excluding carboxylic acids is 1. The molecule has 0 aliphatic carbocycles. The minimum Gasteiger partial charge on any atom is -0.494 e. The summed E-state index contributed by atoms with van der Waals surface area (Å²) in [4.78, 5) is 25.1. The van der Waals surface area contributed by atoms with Crippen molar-refractivity contribution < 1.29 is 18.7 Å². The Labute approximate surface area is 188 Å². The molecule has 10 heteroatoms. The molecule has 8 nitrogen and oxygen atoms in total. The molecule has 1 N–H and O–H groups in total. The van der Waals surface area contributed by atoms with E-state index in [0.29, 0.717) is 47.8 Å². The zero-order valence-corrected chi connectivity index (χ0v) is 18.3. The number of hydrogen-bond acceptors (Lipinski definition) is 7. The highest BCUT2D eigenvalue weighted by Gasteiger charge is 2.53. The van der Waals surface area contributed by atoms with Gasteiger partial charge in [-0.25, -0.2) is 19.2 Å². The summed E-state index contributed by atoms with van der Waals surface area (Å²) in [7, 11) is 1.53. The van der Waals surface area contributed by atoms with Crippen LogP contribution in [0.5, 0.6) is 5.75 Å². The molecule has 5 rings (SSSR count). The van der Waals surface area contributed by atoms with E-state index in [4.69, 9.17) is 21.1 Å². The summed E-state index contributed by atoms with van der Waals surface area (Å²) in [5.41, 5.74) is 0.795. The van der Waals surface area contributed by atoms with Gasteiger partial charge in [0, 0.05) is 24.5 Å². The lowest BCUT2D eigenvalue weighted by atomic mass is 9.94. The van der Waals surface area contributed by atoms with Crippen LogP contribution in [0.4, 0.5) is 26.4 Å². The van der Waals surface area contributed by atoms with E-state index in [1.807, 2.05) is 0 Å². The first kappa shape index (κ1) is 20.7. The number of ether oxygens (including phenoxy) is 2. The molecule has 2 aliphatic heterocycles. The number of carbonyl (C=O) groups is 1. The van der Waals surface area contributed by atoms with E-state index in [1.165, 1.54) is 19.5 Å². The van der Waals surface area contributed by atoms with Crippen molar-refractivity contribution in [1.29, 1.82) is 0 Å². The average molecular weight is 458 g/mol. The third-order valence-corrected chi connectivity index (χ3v) is 6.16. The summed E-state index contributed by atoms with van der Waals surface area (Å²) in [5, 5.41) is 3.58. The van der Waals surface area contributed by atoms with Crippen LogP contribution in [-0.2, 0) is 4.74 Å². The van der Waals surface area contributed by atoms with E-state index in [2.05, 4.69) is 27.1 Å². The molecular formula is C22H21ClFN5O3. The summed E-state index contributed by atoms with van der Waals surface area (Å²) < 4.78 is 25.7. The van der Waals surface area contributed by atoms with E-state index in [9.17, 15) is 9.18 Å². The topological polar surface area (TPSA) is 79.8 Å². The highest BCUT2D eigenvalue weighted by Crippen LogP contribution is 2.41. The molecule has 0 atom stereocenters. The molecule has 3 aromatic rings. The lowest BCUT2D eigenvalue weighted by molar-refractivity contribution is -0.0699. The fourth-order valence-corrected chi connectivity index (χ4v) is 4.41. The maximum Gasteiger partial charge on any atom is 0.415 e. The van der Waals surface area contributed by atoms with Gasteiger partial charge in [0.05, 0.1) is 35.6 Å². The van der Waals surface area contributed by atoms with Gasteiger partial charge in [0.2, 0.25) is 0 Å². The third kappa shape index (κ3) is 3.37. The molecule has 32 heavy (non-hydrogen) atoms. The van der Waals surface area contributed by atoms with Crippen LogP contribution >= 0.6 is 11.6 Å². The first-order valence-corrected chi connectivity index (χ1v) is 10.6. The van der Waals surface area contributed by atoms with Crippen LogP contribution < -0.4 is 15.0 Å². The van der Waals surface area contributed by atoms with Crippen molar-refractivity contribution in [3.8, 4) is 5.75 Å². The Bertz CT molecular complexity index is 1220. The molecular weight excluding hydrogens is 437 g/mol. The second-order valence-corrected chi connectivity index (χ2v) is 8.34. The Balaban J connectivity index is 1.54. The molecule has 0 saturated carbocycles. The van der Waals surface area contributed by atoms with Crippen LogP contribution in [0.1, 0.15) is 6.92 Å². The Kier molecular flexibility index (Phi) is 5.02. The number of benzene rings is 2. The third-order valence-electron chi connectivity index (χ3n) is 5.87. The number of anilines is 3. The lowest BCUT2D eigenvalue weighted by Gasteiger charge is -2.45. The average Bonchev–Trinajstić information content (AvgIpc) is 3.12. The lowest BCUT2D eigenvalue weighted by Crippen LogP contribution is -2.63. The van der Waals surface area contributed by atoms with Gasteiger partial charge in [-0.3, -0.25) is 9.80 Å². The second-order valence-electron chi connectivity index (χ2n) is 7.93. The van der Waals surface area contributed by atoms with E-state index >= 15 is 0 Å². The number of aromatic nitrogens is 2. The van der Waals surface area contributed by atoms with Crippen LogP contribution in [0.15, 0.2) is 36.7 Å². The SMILES string of the molecule is CCN1CC2(C1)CN(c1cc3c(Nc4cccc(Cl)c4F)ncnc3cc1OC)C(=O)O2. The maximum absolute atomic E-state index is 14.4. The molecule has 2 saturated heterocycles. The molecule has 0 bridgehead atoms. The Morgan fingerprint density at radius 1 is 1.28 bits per heavy atom. The minimum atomic E-state index is -0.579. The van der Waals surface area contributed by atoms with Crippen molar-refractivity contribution in [2.24, 2.45) is 0 Å². The minimum absolute atomic E-state index is 0.00227. The Hall–Kier alpha value is -3.17. The molecule has 1 aromatic heterocycles. The molecule has 2 aromatic carbocycles. The molecule has 2 fully saturated rings. The van der Waals surface area contributed by atoms with Crippen molar-refractivity contribution in [2.75, 3.05) is 43.5 Å². The number of likely N-dealkylation sites (N-methyl/N-ethyl adjacent to an activating group) is 1. The summed E-state index contributed by atoms with van der Waals surface area (Å²) in [5.74, 6) is 0.282. The number of hydrogen-bond donors (Lipinski definition) is 1. The summed E-state index contributed by atoms with van der Waals surface area (Å²) in [6.07, 6.45) is 0.949. The number of fused-ring (bicyclic) bond motifs is 1. The molecule has 0 unspecified atom stereocenters. The van der Waals surface area contributed by atoms with Crippen molar-refractivity contribution in [2.45, 2.75) is 12.5 Å². The van der Waals surface area contributed by atoms with Gasteiger partial charge in [-0.15, -0.1) is 0 Å². The first-order chi connectivity index (χ1) is 15.4. The molecule has 0 radical (unpaired) electrons. The van der Waals surface area contributed by atoms with Gasteiger partial charge in [0.1, 0.15) is 17.9 Å². The van der Waals surface area contributed by atoms with E-state index in [-0.39, 0.29) is 10.7 Å². The quantitative estimate of drug-likeness (QED) is 0.614. The largest absolute Gasteiger partial charge is 0.494 e. The zero-order valence-electron chi connectivity index (χ0n) is 17.6. The number of amides is 1. The number of nitrogens with zero attached hydrogens (tertiary/aromatic N) is 4. The monoisotopic (exact) mass is 457 g/mol. The predicted molar refractivity (Wildman–Crippen MR) is 119 cm³/mol. The van der Waals surface area contributed by atoms with Gasteiger partial charge in [-0.2, -0.15) is 0 Å². The van der Waals surface area contributed by atoms with Crippen molar-refractivity contribution in [1.82, 2.24) is 14.9 Å². The number of rotatable bonds is 5. The highest BCUT2D eigenvalue weighted by molar-refractivity contribution is 6.31. The summed E-state index contributed by atoms with van der Waals surface area (Å²) in [6, 6.07) is 8.16. The second kappa shape index (κ2) is 7.75. The van der Waals surface area contributed by atoms with Gasteiger partial charge in [0.15, 0.2) is 11.4 Å². The molecule has 1 amide bonds. The molecule has 166 valence electrons. The maximum atomic E-state index is 14.4. The summed E-state index contributed by atoms with van der Waals surface area (Å²) in [6.45, 7) is 4.80. The molecule has 3 heterocycles. The van der Waals surface area contributed by atoms with Gasteiger partial charge in [-0.05, 0) is 24.7 Å². The zero-order chi connectivity index (χ0) is 22.5. The van der Waals surface area contributed by atoms with Crippen molar-refractivity contribution >= 4 is 45.8 Å². The van der Waals surface area contributed by atoms with Gasteiger partial charge in [0.25, 0.3) is 0 Å². The van der Waals surface area contributed by atoms with Crippen LogP contribution in [0, 0.1) is 5.82 Å². The summed E-state index contributed by atoms with van der Waals surface area (Å²) >= 11 is 5.91. The van der Waals surface area contributed by atoms with Gasteiger partial charge >= 0.3 is 6.09 Å². The predicted octanol–water partition coefficient (Wildman–Crippen LogP) is 4.21. The highest BCUT2D eigenvalue weighted by atomic mass is 35.5. The van der Waals surface area contributed by atoms with Crippen LogP contribution in [-0.4, -0.2) is 59.9 Å². The normalized spacial score (nSPS) is 17.5. The van der Waals surface area contributed by atoms with E-state index in [0.717, 1.165) is 6.54 Å². The number of likely N-dealkylation sites (tertiary alicyclic amines) is 1. The Morgan fingerprint density at radius 3 is 2.84 bits per heavy atom. The van der Waals surface area contributed by atoms with Crippen LogP contribution in [0.2, 0.25) is 5.02 Å². The number of methoxy groups -OCH3 is 1. The molecule has 2 aliphatic rings. The van der Waals surface area contributed by atoms with Crippen molar-refractivity contribution in [3.05, 3.63) is 47.5 Å². The number of nitrogens with one attached hydrogen (secondary N) is 1. The fourth-order valence-electron chi connectivity index (χ4n) is 4.24. The molecule has 1 spiro atoms. The van der Waals surface area contributed by atoms with Gasteiger partial charge < -0.3 is 14.8 Å². The standard InChI is InChI=1S/C22H21ClFN5O3/c1-3-28-9-22(10-28)11-29(21(30)32-22)17-7-13-16(8-18(17)31-2)25-12-26-20(13)27-15-6-4-5-14(23)19(15)24/h4-8,12H,3,9-11H2,1-2H3,(H,25,26,27). The van der Waals surface area contributed by atoms with E-state index in [1.54, 1.807) is 29.2 Å². The van der Waals surface area contributed by atoms with Crippen molar-refractivity contribution in [3.63, 3.8) is 0 Å². The number of halogens is 2. The van der Waals surface area contributed by atoms with Crippen LogP contribution in [0.25, 0.3) is 10.9 Å². The Morgan fingerprint density at radius 2 is 2.09 bits per heavy atom.